The van der Waals surface area contributed by atoms with E-state index in [4.69, 9.17) is 0 Å². The SMILES string of the molecule is Cn1cc(C(C)(O)CNC(=O)NCC(C)(C)c2ccccc2)cn1. The van der Waals surface area contributed by atoms with Crippen LogP contribution in [-0.2, 0) is 18.1 Å². The molecular formula is C18H26N4O2. The standard InChI is InChI=1S/C18H26N4O2/c1-17(2,14-8-6-5-7-9-14)12-19-16(23)20-13-18(3,24)15-10-21-22(4)11-15/h5-11,24H,12-13H2,1-4H3,(H2,19,20,23). The van der Waals surface area contributed by atoms with E-state index in [9.17, 15) is 9.90 Å². The lowest BCUT2D eigenvalue weighted by Crippen LogP contribution is -2.46. The van der Waals surface area contributed by atoms with Crippen LogP contribution in [0, 0.1) is 0 Å². The second-order valence-corrected chi connectivity index (χ2v) is 6.96. The van der Waals surface area contributed by atoms with Crippen LogP contribution in [0.2, 0.25) is 0 Å². The van der Waals surface area contributed by atoms with Gasteiger partial charge < -0.3 is 15.7 Å². The van der Waals surface area contributed by atoms with Gasteiger partial charge in [-0.25, -0.2) is 4.79 Å². The van der Waals surface area contributed by atoms with Gasteiger partial charge in [0, 0.05) is 30.8 Å². The number of carbonyl (C=O) groups excluding carboxylic acids is 1. The van der Waals surface area contributed by atoms with Gasteiger partial charge in [-0.2, -0.15) is 5.10 Å². The summed E-state index contributed by atoms with van der Waals surface area (Å²) in [6, 6.07) is 9.74. The maximum absolute atomic E-state index is 12.1. The maximum atomic E-state index is 12.1. The third-order valence-electron chi connectivity index (χ3n) is 4.17. The Morgan fingerprint density at radius 3 is 2.33 bits per heavy atom. The number of nitrogens with one attached hydrogen (secondary N) is 2. The first-order chi connectivity index (χ1) is 11.2. The van der Waals surface area contributed by atoms with Crippen molar-refractivity contribution < 1.29 is 9.90 Å². The summed E-state index contributed by atoms with van der Waals surface area (Å²) in [6.45, 7) is 6.41. The Balaban J connectivity index is 1.85. The summed E-state index contributed by atoms with van der Waals surface area (Å²) < 4.78 is 1.62. The molecule has 0 bridgehead atoms. The zero-order valence-corrected chi connectivity index (χ0v) is 14.7. The fourth-order valence-corrected chi connectivity index (χ4v) is 2.41. The predicted molar refractivity (Wildman–Crippen MR) is 93.6 cm³/mol. The molecule has 1 aromatic heterocycles. The molecule has 2 rings (SSSR count). The molecule has 0 aliphatic carbocycles. The van der Waals surface area contributed by atoms with Crippen LogP contribution in [0.15, 0.2) is 42.7 Å². The Kier molecular flexibility index (Phi) is 5.29. The average molecular weight is 330 g/mol. The number of urea groups is 1. The second kappa shape index (κ2) is 7.05. The number of hydrogen-bond acceptors (Lipinski definition) is 3. The van der Waals surface area contributed by atoms with Crippen LogP contribution in [0.1, 0.15) is 31.9 Å². The molecule has 0 fully saturated rings. The van der Waals surface area contributed by atoms with E-state index in [1.54, 1.807) is 31.0 Å². The Morgan fingerprint density at radius 2 is 1.75 bits per heavy atom. The summed E-state index contributed by atoms with van der Waals surface area (Å²) in [5, 5.41) is 20.1. The number of nitrogens with zero attached hydrogens (tertiary/aromatic N) is 2. The van der Waals surface area contributed by atoms with Gasteiger partial charge in [0.25, 0.3) is 0 Å². The van der Waals surface area contributed by atoms with E-state index in [1.807, 2.05) is 30.3 Å². The van der Waals surface area contributed by atoms with Crippen molar-refractivity contribution in [2.75, 3.05) is 13.1 Å². The molecule has 0 saturated heterocycles. The van der Waals surface area contributed by atoms with E-state index in [2.05, 4.69) is 29.6 Å². The molecule has 0 aliphatic rings. The quantitative estimate of drug-likeness (QED) is 0.757. The highest BCUT2D eigenvalue weighted by Crippen LogP contribution is 2.22. The zero-order chi connectivity index (χ0) is 17.8. The van der Waals surface area contributed by atoms with E-state index in [1.165, 1.54) is 0 Å². The van der Waals surface area contributed by atoms with Crippen molar-refractivity contribution in [3.8, 4) is 0 Å². The van der Waals surface area contributed by atoms with Gasteiger partial charge in [0.1, 0.15) is 5.60 Å². The van der Waals surface area contributed by atoms with Crippen LogP contribution in [-0.4, -0.2) is 34.0 Å². The topological polar surface area (TPSA) is 79.2 Å². The van der Waals surface area contributed by atoms with Crippen LogP contribution in [0.3, 0.4) is 0 Å². The molecule has 3 N–H and O–H groups in total. The zero-order valence-electron chi connectivity index (χ0n) is 14.7. The number of carbonyl (C=O) groups is 1. The summed E-state index contributed by atoms with van der Waals surface area (Å²) in [5.74, 6) is 0. The molecule has 0 spiro atoms. The third kappa shape index (κ3) is 4.58. The summed E-state index contributed by atoms with van der Waals surface area (Å²) in [7, 11) is 1.78. The van der Waals surface area contributed by atoms with Crippen molar-refractivity contribution in [1.82, 2.24) is 20.4 Å². The highest BCUT2D eigenvalue weighted by atomic mass is 16.3. The highest BCUT2D eigenvalue weighted by Gasteiger charge is 2.26. The monoisotopic (exact) mass is 330 g/mol. The van der Waals surface area contributed by atoms with Crippen LogP contribution in [0.5, 0.6) is 0 Å². The molecule has 1 heterocycles. The lowest BCUT2D eigenvalue weighted by molar-refractivity contribution is 0.0593. The molecule has 1 atom stereocenters. The number of benzene rings is 1. The maximum Gasteiger partial charge on any atom is 0.314 e. The normalized spacial score (nSPS) is 14.0. The van der Waals surface area contributed by atoms with Gasteiger partial charge in [-0.05, 0) is 12.5 Å². The first kappa shape index (κ1) is 18.0. The summed E-state index contributed by atoms with van der Waals surface area (Å²) in [6.07, 6.45) is 3.33. The largest absolute Gasteiger partial charge is 0.383 e. The van der Waals surface area contributed by atoms with E-state index in [0.29, 0.717) is 12.1 Å². The fourth-order valence-electron chi connectivity index (χ4n) is 2.41. The van der Waals surface area contributed by atoms with Gasteiger partial charge in [-0.15, -0.1) is 0 Å². The van der Waals surface area contributed by atoms with Gasteiger partial charge in [0.15, 0.2) is 0 Å². The smallest absolute Gasteiger partial charge is 0.314 e. The minimum Gasteiger partial charge on any atom is -0.383 e. The van der Waals surface area contributed by atoms with Gasteiger partial charge in [0.05, 0.1) is 12.7 Å². The Bertz CT molecular complexity index is 677. The summed E-state index contributed by atoms with van der Waals surface area (Å²) in [4.78, 5) is 12.1. The van der Waals surface area contributed by atoms with E-state index in [0.717, 1.165) is 5.56 Å². The van der Waals surface area contributed by atoms with Gasteiger partial charge in [-0.3, -0.25) is 4.68 Å². The number of aliphatic hydroxyl groups is 1. The first-order valence-electron chi connectivity index (χ1n) is 7.99. The average Bonchev–Trinajstić information content (AvgIpc) is 2.99. The van der Waals surface area contributed by atoms with Crippen molar-refractivity contribution in [1.29, 1.82) is 0 Å². The van der Waals surface area contributed by atoms with Gasteiger partial charge in [0.2, 0.25) is 0 Å². The molecule has 130 valence electrons. The molecule has 2 amide bonds. The summed E-state index contributed by atoms with van der Waals surface area (Å²) in [5.41, 5.74) is 0.480. The Hall–Kier alpha value is -2.34. The molecule has 6 heteroatoms. The molecule has 6 nitrogen and oxygen atoms in total. The second-order valence-electron chi connectivity index (χ2n) is 6.96. The molecule has 2 aromatic rings. The van der Waals surface area contributed by atoms with E-state index in [-0.39, 0.29) is 18.0 Å². The van der Waals surface area contributed by atoms with Crippen molar-refractivity contribution in [3.05, 3.63) is 53.9 Å². The number of aryl methyl sites for hydroxylation is 1. The van der Waals surface area contributed by atoms with Crippen molar-refractivity contribution in [3.63, 3.8) is 0 Å². The fraction of sp³-hybridized carbons (Fsp3) is 0.444. The molecule has 1 aromatic carbocycles. The van der Waals surface area contributed by atoms with Crippen LogP contribution in [0.4, 0.5) is 4.79 Å². The lowest BCUT2D eigenvalue weighted by atomic mass is 9.85. The minimum absolute atomic E-state index is 0.107. The van der Waals surface area contributed by atoms with Crippen molar-refractivity contribution in [2.45, 2.75) is 31.8 Å². The summed E-state index contributed by atoms with van der Waals surface area (Å²) >= 11 is 0. The van der Waals surface area contributed by atoms with Crippen LogP contribution >= 0.6 is 0 Å². The Labute approximate surface area is 142 Å². The lowest BCUT2D eigenvalue weighted by Gasteiger charge is -2.27. The molecule has 0 aliphatic heterocycles. The first-order valence-corrected chi connectivity index (χ1v) is 7.99. The van der Waals surface area contributed by atoms with Crippen molar-refractivity contribution >= 4 is 6.03 Å². The number of rotatable bonds is 6. The van der Waals surface area contributed by atoms with Crippen LogP contribution < -0.4 is 10.6 Å². The highest BCUT2D eigenvalue weighted by molar-refractivity contribution is 5.74. The Morgan fingerprint density at radius 1 is 1.12 bits per heavy atom. The van der Waals surface area contributed by atoms with E-state index >= 15 is 0 Å². The molecule has 0 radical (unpaired) electrons. The van der Waals surface area contributed by atoms with Gasteiger partial charge >= 0.3 is 6.03 Å². The van der Waals surface area contributed by atoms with Crippen LogP contribution in [0.25, 0.3) is 0 Å². The van der Waals surface area contributed by atoms with E-state index < -0.39 is 5.60 Å². The molecule has 0 saturated carbocycles. The molecule has 24 heavy (non-hydrogen) atoms. The molecular weight excluding hydrogens is 304 g/mol. The molecule has 1 unspecified atom stereocenters. The van der Waals surface area contributed by atoms with Gasteiger partial charge in [-0.1, -0.05) is 44.2 Å². The predicted octanol–water partition coefficient (Wildman–Crippen LogP) is 1.90. The number of amides is 2. The van der Waals surface area contributed by atoms with Crippen molar-refractivity contribution in [2.24, 2.45) is 7.05 Å². The number of hydrogen-bond donors (Lipinski definition) is 3. The third-order valence-corrected chi connectivity index (χ3v) is 4.17. The number of aromatic nitrogens is 2. The minimum atomic E-state index is -1.17.